The fourth-order valence-electron chi connectivity index (χ4n) is 2.65. The number of rotatable bonds is 5. The van der Waals surface area contributed by atoms with Crippen LogP contribution >= 0.6 is 0 Å². The highest BCUT2D eigenvalue weighted by molar-refractivity contribution is 6.01. The summed E-state index contributed by atoms with van der Waals surface area (Å²) in [7, 11) is 0. The Labute approximate surface area is 153 Å². The van der Waals surface area contributed by atoms with E-state index in [1.165, 1.54) is 0 Å². The Morgan fingerprint density at radius 1 is 1.12 bits per heavy atom. The van der Waals surface area contributed by atoms with Crippen molar-refractivity contribution in [3.05, 3.63) is 71.3 Å². The van der Waals surface area contributed by atoms with E-state index in [0.29, 0.717) is 32.9 Å². The molecule has 26 heavy (non-hydrogen) atoms. The normalized spacial score (nSPS) is 14.6. The Morgan fingerprint density at radius 3 is 2.46 bits per heavy atom. The summed E-state index contributed by atoms with van der Waals surface area (Å²) in [6.07, 6.45) is 1.61. The monoisotopic (exact) mass is 348 g/mol. The zero-order valence-corrected chi connectivity index (χ0v) is 14.4. The maximum atomic E-state index is 12.4. The van der Waals surface area contributed by atoms with E-state index in [-0.39, 0.29) is 11.5 Å². The Hall–Kier alpha value is -3.10. The summed E-state index contributed by atoms with van der Waals surface area (Å²) < 4.78 is 11.0. The van der Waals surface area contributed by atoms with Crippen molar-refractivity contribution in [2.75, 3.05) is 26.3 Å². The first-order chi connectivity index (χ1) is 12.8. The zero-order chi connectivity index (χ0) is 18.2. The van der Waals surface area contributed by atoms with Crippen LogP contribution < -0.4 is 4.74 Å². The molecule has 2 aromatic carbocycles. The largest absolute Gasteiger partial charge is 0.489 e. The minimum Gasteiger partial charge on any atom is -0.489 e. The summed E-state index contributed by atoms with van der Waals surface area (Å²) >= 11 is 0. The number of amides is 1. The number of hydrogen-bond donors (Lipinski definition) is 0. The first-order valence-corrected chi connectivity index (χ1v) is 8.52. The van der Waals surface area contributed by atoms with E-state index < -0.39 is 0 Å². The molecule has 1 amide bonds. The smallest absolute Gasteiger partial charge is 0.264 e. The van der Waals surface area contributed by atoms with Crippen molar-refractivity contribution in [1.29, 1.82) is 5.26 Å². The molecular formula is C21H20N2O3. The number of hydrogen-bond acceptors (Lipinski definition) is 4. The third-order valence-corrected chi connectivity index (χ3v) is 4.09. The van der Waals surface area contributed by atoms with Gasteiger partial charge in [-0.3, -0.25) is 4.79 Å². The molecule has 0 spiro atoms. The van der Waals surface area contributed by atoms with Crippen LogP contribution in [0.25, 0.3) is 6.08 Å². The van der Waals surface area contributed by atoms with Gasteiger partial charge in [-0.1, -0.05) is 42.5 Å². The second-order valence-corrected chi connectivity index (χ2v) is 5.92. The number of morpholine rings is 1. The fraction of sp³-hybridized carbons (Fsp3) is 0.238. The molecule has 5 heteroatoms. The average molecular weight is 348 g/mol. The summed E-state index contributed by atoms with van der Waals surface area (Å²) in [4.78, 5) is 14.1. The van der Waals surface area contributed by atoms with Crippen molar-refractivity contribution >= 4 is 12.0 Å². The van der Waals surface area contributed by atoms with Crippen LogP contribution in [0.5, 0.6) is 5.75 Å². The molecule has 0 N–H and O–H groups in total. The van der Waals surface area contributed by atoms with E-state index in [1.54, 1.807) is 11.0 Å². The van der Waals surface area contributed by atoms with Crippen LogP contribution in [0.15, 0.2) is 60.2 Å². The summed E-state index contributed by atoms with van der Waals surface area (Å²) in [5.74, 6) is 0.490. The van der Waals surface area contributed by atoms with E-state index in [2.05, 4.69) is 0 Å². The van der Waals surface area contributed by atoms with Gasteiger partial charge in [-0.15, -0.1) is 0 Å². The highest BCUT2D eigenvalue weighted by atomic mass is 16.5. The molecule has 1 saturated heterocycles. The molecule has 0 saturated carbocycles. The summed E-state index contributed by atoms with van der Waals surface area (Å²) in [5, 5.41) is 9.33. The highest BCUT2D eigenvalue weighted by Gasteiger charge is 2.20. The summed E-state index contributed by atoms with van der Waals surface area (Å²) in [6, 6.07) is 19.3. The van der Waals surface area contributed by atoms with Gasteiger partial charge in [-0.05, 0) is 29.3 Å². The summed E-state index contributed by atoms with van der Waals surface area (Å²) in [6.45, 7) is 2.55. The molecule has 1 heterocycles. The molecule has 0 unspecified atom stereocenters. The predicted molar refractivity (Wildman–Crippen MR) is 98.2 cm³/mol. The molecule has 5 nitrogen and oxygen atoms in total. The van der Waals surface area contributed by atoms with E-state index in [9.17, 15) is 10.1 Å². The maximum Gasteiger partial charge on any atom is 0.264 e. The second kappa shape index (κ2) is 8.84. The topological polar surface area (TPSA) is 62.6 Å². The van der Waals surface area contributed by atoms with Gasteiger partial charge in [0.1, 0.15) is 24.0 Å². The minimum atomic E-state index is -0.250. The van der Waals surface area contributed by atoms with Gasteiger partial charge < -0.3 is 14.4 Å². The van der Waals surface area contributed by atoms with Crippen LogP contribution in [0.3, 0.4) is 0 Å². The molecule has 0 aliphatic carbocycles. The van der Waals surface area contributed by atoms with Gasteiger partial charge in [-0.2, -0.15) is 5.26 Å². The van der Waals surface area contributed by atoms with Crippen LogP contribution in [0, 0.1) is 11.3 Å². The van der Waals surface area contributed by atoms with Crippen molar-refractivity contribution in [2.45, 2.75) is 6.61 Å². The van der Waals surface area contributed by atoms with Gasteiger partial charge in [0.2, 0.25) is 0 Å². The standard InChI is InChI=1S/C21H20N2O3/c22-15-19(21(24)23-10-12-25-13-11-23)14-17-6-8-20(9-7-17)26-16-18-4-2-1-3-5-18/h1-9,14H,10-13,16H2/b19-14+. The van der Waals surface area contributed by atoms with Crippen molar-refractivity contribution in [1.82, 2.24) is 4.90 Å². The molecule has 2 aromatic rings. The molecule has 1 fully saturated rings. The Bertz CT molecular complexity index is 801. The van der Waals surface area contributed by atoms with Crippen molar-refractivity contribution in [3.8, 4) is 11.8 Å². The molecule has 0 atom stereocenters. The third-order valence-electron chi connectivity index (χ3n) is 4.09. The molecule has 1 aliphatic rings. The van der Waals surface area contributed by atoms with Crippen molar-refractivity contribution in [2.24, 2.45) is 0 Å². The molecule has 0 aromatic heterocycles. The van der Waals surface area contributed by atoms with Crippen LogP contribution in [0.4, 0.5) is 0 Å². The molecule has 0 radical (unpaired) electrons. The molecule has 3 rings (SSSR count). The Kier molecular flexibility index (Phi) is 6.02. The SMILES string of the molecule is N#C/C(=C\c1ccc(OCc2ccccc2)cc1)C(=O)N1CCOCC1. The van der Waals surface area contributed by atoms with Gasteiger partial charge >= 0.3 is 0 Å². The second-order valence-electron chi connectivity index (χ2n) is 5.92. The predicted octanol–water partition coefficient (Wildman–Crippen LogP) is 3.03. The van der Waals surface area contributed by atoms with Gasteiger partial charge in [-0.25, -0.2) is 0 Å². The van der Waals surface area contributed by atoms with Gasteiger partial charge in [0.15, 0.2) is 0 Å². The first-order valence-electron chi connectivity index (χ1n) is 8.52. The lowest BCUT2D eigenvalue weighted by atomic mass is 10.1. The lowest BCUT2D eigenvalue weighted by molar-refractivity contribution is -0.130. The number of ether oxygens (including phenoxy) is 2. The third kappa shape index (κ3) is 4.71. The van der Waals surface area contributed by atoms with Crippen LogP contribution in [-0.4, -0.2) is 37.1 Å². The lowest BCUT2D eigenvalue weighted by Crippen LogP contribution is -2.41. The first kappa shape index (κ1) is 17.7. The van der Waals surface area contributed by atoms with E-state index >= 15 is 0 Å². The summed E-state index contributed by atoms with van der Waals surface area (Å²) in [5.41, 5.74) is 2.01. The zero-order valence-electron chi connectivity index (χ0n) is 14.4. The molecule has 132 valence electrons. The highest BCUT2D eigenvalue weighted by Crippen LogP contribution is 2.17. The van der Waals surface area contributed by atoms with Gasteiger partial charge in [0.25, 0.3) is 5.91 Å². The Balaban J connectivity index is 1.64. The number of benzene rings is 2. The lowest BCUT2D eigenvalue weighted by Gasteiger charge is -2.26. The van der Waals surface area contributed by atoms with E-state index in [4.69, 9.17) is 9.47 Å². The maximum absolute atomic E-state index is 12.4. The average Bonchev–Trinajstić information content (AvgIpc) is 2.72. The number of carbonyl (C=O) groups excluding carboxylic acids is 1. The van der Waals surface area contributed by atoms with Crippen molar-refractivity contribution < 1.29 is 14.3 Å². The minimum absolute atomic E-state index is 0.129. The Morgan fingerprint density at radius 2 is 1.81 bits per heavy atom. The van der Waals surface area contributed by atoms with Gasteiger partial charge in [0, 0.05) is 13.1 Å². The van der Waals surface area contributed by atoms with E-state index in [0.717, 1.165) is 16.9 Å². The van der Waals surface area contributed by atoms with Crippen LogP contribution in [0.2, 0.25) is 0 Å². The molecule has 1 aliphatic heterocycles. The molecule has 0 bridgehead atoms. The quantitative estimate of drug-likeness (QED) is 0.615. The van der Waals surface area contributed by atoms with Crippen LogP contribution in [0.1, 0.15) is 11.1 Å². The number of carbonyl (C=O) groups is 1. The number of nitrogens with zero attached hydrogens (tertiary/aromatic N) is 2. The number of nitriles is 1. The fourth-order valence-corrected chi connectivity index (χ4v) is 2.65. The van der Waals surface area contributed by atoms with E-state index in [1.807, 2.05) is 60.7 Å². The van der Waals surface area contributed by atoms with Crippen molar-refractivity contribution in [3.63, 3.8) is 0 Å². The van der Waals surface area contributed by atoms with Gasteiger partial charge in [0.05, 0.1) is 13.2 Å². The van der Waals surface area contributed by atoms with Crippen LogP contribution in [-0.2, 0) is 16.1 Å². The molecular weight excluding hydrogens is 328 g/mol.